The van der Waals surface area contributed by atoms with E-state index in [4.69, 9.17) is 4.74 Å². The normalized spacial score (nSPS) is 23.8. The van der Waals surface area contributed by atoms with Crippen LogP contribution in [-0.2, 0) is 31.9 Å². The van der Waals surface area contributed by atoms with Crippen LogP contribution < -0.4 is 16.0 Å². The molecular formula is C36H44N3O7P. The lowest BCUT2D eigenvalue weighted by molar-refractivity contribution is -0.142. The van der Waals surface area contributed by atoms with E-state index in [-0.39, 0.29) is 31.4 Å². The molecule has 250 valence electrons. The highest BCUT2D eigenvalue weighted by atomic mass is 31.2. The van der Waals surface area contributed by atoms with Crippen molar-refractivity contribution < 1.29 is 33.7 Å². The Hall–Kier alpha value is -4.14. The Bertz CT molecular complexity index is 1530. The average Bonchev–Trinajstić information content (AvgIpc) is 3.75. The lowest BCUT2D eigenvalue weighted by Gasteiger charge is -2.31. The molecule has 0 saturated heterocycles. The van der Waals surface area contributed by atoms with Crippen molar-refractivity contribution >= 4 is 25.3 Å². The molecule has 47 heavy (non-hydrogen) atoms. The highest BCUT2D eigenvalue weighted by molar-refractivity contribution is 7.59. The minimum atomic E-state index is -4.21. The van der Waals surface area contributed by atoms with Crippen molar-refractivity contribution in [1.82, 2.24) is 16.0 Å². The maximum absolute atomic E-state index is 14.3. The third-order valence-corrected chi connectivity index (χ3v) is 12.2. The Balaban J connectivity index is 1.22. The van der Waals surface area contributed by atoms with Gasteiger partial charge in [-0.3, -0.25) is 9.36 Å². The third-order valence-electron chi connectivity index (χ3n) is 9.38. The van der Waals surface area contributed by atoms with E-state index in [2.05, 4.69) is 28.1 Å². The van der Waals surface area contributed by atoms with Gasteiger partial charge < -0.3 is 30.7 Å². The van der Waals surface area contributed by atoms with Crippen molar-refractivity contribution in [2.24, 2.45) is 11.8 Å². The highest BCUT2D eigenvalue weighted by Crippen LogP contribution is 2.59. The van der Waals surface area contributed by atoms with Gasteiger partial charge in [0.05, 0.1) is 6.04 Å². The largest absolute Gasteiger partial charge is 0.480 e. The second-order valence-corrected chi connectivity index (χ2v) is 15.2. The molecule has 1 fully saturated rings. The first kappa shape index (κ1) is 34.2. The zero-order valence-electron chi connectivity index (χ0n) is 26.4. The maximum atomic E-state index is 14.3. The van der Waals surface area contributed by atoms with Gasteiger partial charge in [-0.15, -0.1) is 0 Å². The molecule has 10 nitrogen and oxygen atoms in total. The van der Waals surface area contributed by atoms with Crippen LogP contribution in [0.4, 0.5) is 4.79 Å². The average molecular weight is 662 g/mol. The molecule has 0 bridgehead atoms. The number of benzene rings is 2. The first-order chi connectivity index (χ1) is 22.7. The van der Waals surface area contributed by atoms with Gasteiger partial charge in [0.15, 0.2) is 0 Å². The van der Waals surface area contributed by atoms with Gasteiger partial charge in [0.1, 0.15) is 18.4 Å². The number of fused-ring (bicyclic) bond motifs is 1. The molecule has 1 aliphatic heterocycles. The van der Waals surface area contributed by atoms with Gasteiger partial charge in [-0.1, -0.05) is 91.4 Å². The molecule has 0 radical (unpaired) electrons. The standard InChI is InChI=1S/C36H44N3O7P/c40-34(38-31(35(41)42)19-9-15-27-23-37-30-18-8-7-16-28(27)30)29-17-10-20-32(29)47(44,45)33(22-21-25-11-3-1-4-12-25)39-36(43)46-24-26-13-5-2-6-14-26/h1-8,11-14,16,18,23,28-33,37H,9-10,15,17,19-22,24H2,(H,38,40)(H,39,43)(H,41,42)(H,44,45). The van der Waals surface area contributed by atoms with Crippen LogP contribution in [0.3, 0.4) is 0 Å². The van der Waals surface area contributed by atoms with Crippen LogP contribution >= 0.6 is 7.37 Å². The van der Waals surface area contributed by atoms with E-state index in [9.17, 15) is 28.9 Å². The van der Waals surface area contributed by atoms with Crippen molar-refractivity contribution in [1.29, 1.82) is 0 Å². The molecule has 2 aliphatic carbocycles. The summed E-state index contributed by atoms with van der Waals surface area (Å²) < 4.78 is 19.7. The Labute approximate surface area is 275 Å². The SMILES string of the molecule is O=C(NC(CCc1ccccc1)P(=O)(O)C1CCCC1C(=O)NC(CCCC1=CNC2C=CC=CC12)C(=O)O)OCc1ccccc1. The summed E-state index contributed by atoms with van der Waals surface area (Å²) in [4.78, 5) is 50.3. The van der Waals surface area contributed by atoms with E-state index >= 15 is 0 Å². The van der Waals surface area contributed by atoms with E-state index in [1.54, 1.807) is 0 Å². The van der Waals surface area contributed by atoms with Gasteiger partial charge in [0, 0.05) is 17.5 Å². The van der Waals surface area contributed by atoms with Gasteiger partial charge in [0.2, 0.25) is 13.3 Å². The number of allylic oxidation sites excluding steroid dienone is 2. The summed E-state index contributed by atoms with van der Waals surface area (Å²) >= 11 is 0. The summed E-state index contributed by atoms with van der Waals surface area (Å²) in [6.45, 7) is 0.00162. The Morgan fingerprint density at radius 2 is 1.62 bits per heavy atom. The fourth-order valence-electron chi connectivity index (χ4n) is 6.82. The maximum Gasteiger partial charge on any atom is 0.408 e. The van der Waals surface area contributed by atoms with E-state index in [0.717, 1.165) is 11.1 Å². The molecule has 1 heterocycles. The molecule has 2 aromatic rings. The van der Waals surface area contributed by atoms with E-state index in [1.165, 1.54) is 5.57 Å². The first-order valence-electron chi connectivity index (χ1n) is 16.4. The lowest BCUT2D eigenvalue weighted by Crippen LogP contribution is -2.46. The Morgan fingerprint density at radius 1 is 0.915 bits per heavy atom. The predicted molar refractivity (Wildman–Crippen MR) is 179 cm³/mol. The summed E-state index contributed by atoms with van der Waals surface area (Å²) in [5.41, 5.74) is 1.99. The zero-order chi connectivity index (χ0) is 33.2. The molecule has 1 saturated carbocycles. The van der Waals surface area contributed by atoms with Crippen LogP contribution in [-0.4, -0.2) is 51.5 Å². The van der Waals surface area contributed by atoms with Crippen LogP contribution in [0.5, 0.6) is 0 Å². The third kappa shape index (κ3) is 9.02. The number of amides is 2. The zero-order valence-corrected chi connectivity index (χ0v) is 27.3. The van der Waals surface area contributed by atoms with Gasteiger partial charge in [-0.05, 0) is 67.8 Å². The highest BCUT2D eigenvalue weighted by Gasteiger charge is 2.49. The second kappa shape index (κ2) is 16.1. The van der Waals surface area contributed by atoms with Crippen molar-refractivity contribution in [3.05, 3.63) is 108 Å². The van der Waals surface area contributed by atoms with E-state index in [1.807, 2.05) is 79.0 Å². The van der Waals surface area contributed by atoms with E-state index in [0.29, 0.717) is 38.5 Å². The van der Waals surface area contributed by atoms with Crippen LogP contribution in [0.1, 0.15) is 56.1 Å². The predicted octanol–water partition coefficient (Wildman–Crippen LogP) is 5.65. The molecule has 5 rings (SSSR count). The number of rotatable bonds is 15. The number of carbonyl (C=O) groups is 3. The lowest BCUT2D eigenvalue weighted by atomic mass is 9.88. The van der Waals surface area contributed by atoms with Gasteiger partial charge >= 0.3 is 12.1 Å². The quantitative estimate of drug-likeness (QED) is 0.154. The number of ether oxygens (including phenoxy) is 1. The van der Waals surface area contributed by atoms with Crippen molar-refractivity contribution in [3.8, 4) is 0 Å². The Morgan fingerprint density at radius 3 is 2.34 bits per heavy atom. The molecule has 3 aliphatic rings. The molecule has 0 aromatic heterocycles. The molecule has 2 aromatic carbocycles. The fourth-order valence-corrected chi connectivity index (χ4v) is 9.43. The number of aliphatic carboxylic acids is 1. The van der Waals surface area contributed by atoms with E-state index < -0.39 is 48.7 Å². The number of aryl methyl sites for hydroxylation is 1. The van der Waals surface area contributed by atoms with Crippen molar-refractivity contribution in [2.45, 2.75) is 81.5 Å². The van der Waals surface area contributed by atoms with Crippen molar-refractivity contribution in [2.75, 3.05) is 0 Å². The fraction of sp³-hybridized carbons (Fsp3) is 0.417. The molecule has 7 unspecified atom stereocenters. The van der Waals surface area contributed by atoms with Gasteiger partial charge in [0.25, 0.3) is 0 Å². The number of hydrogen-bond acceptors (Lipinski definition) is 6. The number of nitrogens with one attached hydrogen (secondary N) is 3. The smallest absolute Gasteiger partial charge is 0.408 e. The molecule has 7 atom stereocenters. The number of alkyl carbamates (subject to hydrolysis) is 1. The monoisotopic (exact) mass is 661 g/mol. The second-order valence-electron chi connectivity index (χ2n) is 12.5. The van der Waals surface area contributed by atoms with Crippen LogP contribution in [0.15, 0.2) is 96.7 Å². The van der Waals surface area contributed by atoms with Crippen LogP contribution in [0.2, 0.25) is 0 Å². The minimum absolute atomic E-state index is 0.00162. The number of carboxylic acid groups (broad SMARTS) is 1. The topological polar surface area (TPSA) is 154 Å². The molecule has 0 spiro atoms. The summed E-state index contributed by atoms with van der Waals surface area (Å²) in [6, 6.07) is 17.7. The summed E-state index contributed by atoms with van der Waals surface area (Å²) in [5.74, 6) is -3.43. The molecule has 11 heteroatoms. The number of hydrogen-bond donors (Lipinski definition) is 5. The summed E-state index contributed by atoms with van der Waals surface area (Å²) in [6.07, 6.45) is 12.7. The number of carbonyl (C=O) groups excluding carboxylic acids is 2. The van der Waals surface area contributed by atoms with Crippen LogP contribution in [0.25, 0.3) is 0 Å². The summed E-state index contributed by atoms with van der Waals surface area (Å²) in [7, 11) is -4.21. The number of carboxylic acids is 1. The van der Waals surface area contributed by atoms with Gasteiger partial charge in [-0.25, -0.2) is 9.59 Å². The molecule has 2 amide bonds. The minimum Gasteiger partial charge on any atom is -0.480 e. The van der Waals surface area contributed by atoms with Gasteiger partial charge in [-0.2, -0.15) is 0 Å². The van der Waals surface area contributed by atoms with Crippen LogP contribution in [0, 0.1) is 11.8 Å². The first-order valence-corrected chi connectivity index (χ1v) is 18.2. The van der Waals surface area contributed by atoms with Crippen molar-refractivity contribution in [3.63, 3.8) is 0 Å². The summed E-state index contributed by atoms with van der Waals surface area (Å²) in [5, 5.41) is 18.6. The molecular weight excluding hydrogens is 617 g/mol. The molecule has 5 N–H and O–H groups in total. The Kier molecular flexibility index (Phi) is 11.7.